The van der Waals surface area contributed by atoms with Crippen LogP contribution in [0.1, 0.15) is 0 Å². The molecule has 31 heavy (non-hydrogen) atoms. The summed E-state index contributed by atoms with van der Waals surface area (Å²) in [5.41, 5.74) is -0.616. The molecule has 168 valence electrons. The van der Waals surface area contributed by atoms with E-state index in [-0.39, 0.29) is 31.0 Å². The predicted octanol–water partition coefficient (Wildman–Crippen LogP) is 2.85. The smallest absolute Gasteiger partial charge is 0.407 e. The van der Waals surface area contributed by atoms with Gasteiger partial charge < -0.3 is 14.9 Å². The highest BCUT2D eigenvalue weighted by Crippen LogP contribution is 2.46. The molecule has 0 saturated carbocycles. The van der Waals surface area contributed by atoms with E-state index >= 15 is 0 Å². The van der Waals surface area contributed by atoms with Crippen molar-refractivity contribution in [1.82, 2.24) is 9.80 Å². The lowest BCUT2D eigenvalue weighted by atomic mass is 10.2. The highest BCUT2D eigenvalue weighted by molar-refractivity contribution is 7.95. The van der Waals surface area contributed by atoms with E-state index in [2.05, 4.69) is 0 Å². The average molecular weight is 458 g/mol. The number of fused-ring (bicyclic) bond motifs is 1. The fourth-order valence-corrected chi connectivity index (χ4v) is 4.90. The van der Waals surface area contributed by atoms with Crippen LogP contribution in [0.5, 0.6) is 0 Å². The Morgan fingerprint density at radius 1 is 1.00 bits per heavy atom. The van der Waals surface area contributed by atoms with Crippen LogP contribution in [0.3, 0.4) is 0 Å². The molecule has 0 aromatic heterocycles. The Labute approximate surface area is 177 Å². The fourth-order valence-electron chi connectivity index (χ4n) is 3.18. The molecule has 1 N–H and O–H groups in total. The van der Waals surface area contributed by atoms with Crippen molar-refractivity contribution in [3.63, 3.8) is 0 Å². The quantitative estimate of drug-likeness (QED) is 0.690. The van der Waals surface area contributed by atoms with E-state index in [1.165, 1.54) is 25.2 Å². The SMILES string of the molecule is CN(CCN(C)C(=O)O)CCN1c2ccccc2N(c2c(F)cc(F)cc2F)S1(=O)=O. The topological polar surface area (TPSA) is 84.4 Å². The van der Waals surface area contributed by atoms with Crippen LogP contribution in [-0.4, -0.2) is 69.7 Å². The van der Waals surface area contributed by atoms with Crippen molar-refractivity contribution in [2.75, 3.05) is 48.9 Å². The maximum absolute atomic E-state index is 14.4. The number of benzene rings is 2. The van der Waals surface area contributed by atoms with E-state index < -0.39 is 39.4 Å². The Morgan fingerprint density at radius 3 is 2.16 bits per heavy atom. The molecular formula is C19H21F3N4O4S. The first-order valence-electron chi connectivity index (χ1n) is 9.23. The Hall–Kier alpha value is -2.99. The van der Waals surface area contributed by atoms with Gasteiger partial charge in [0.05, 0.1) is 11.4 Å². The van der Waals surface area contributed by atoms with Gasteiger partial charge in [-0.25, -0.2) is 26.6 Å². The van der Waals surface area contributed by atoms with Crippen LogP contribution in [-0.2, 0) is 10.2 Å². The molecule has 0 bridgehead atoms. The first-order chi connectivity index (χ1) is 14.5. The Balaban J connectivity index is 1.88. The molecule has 0 radical (unpaired) electrons. The number of amides is 1. The first-order valence-corrected chi connectivity index (χ1v) is 10.6. The minimum absolute atomic E-state index is 0.0418. The summed E-state index contributed by atoms with van der Waals surface area (Å²) in [6.07, 6.45) is -1.08. The number of anilines is 3. The van der Waals surface area contributed by atoms with Gasteiger partial charge in [-0.1, -0.05) is 12.1 Å². The zero-order chi connectivity index (χ0) is 22.9. The number of para-hydroxylation sites is 2. The van der Waals surface area contributed by atoms with Crippen molar-refractivity contribution in [3.8, 4) is 0 Å². The van der Waals surface area contributed by atoms with E-state index in [0.717, 1.165) is 9.21 Å². The lowest BCUT2D eigenvalue weighted by molar-refractivity contribution is 0.151. The van der Waals surface area contributed by atoms with Gasteiger partial charge in [0.1, 0.15) is 11.5 Å². The van der Waals surface area contributed by atoms with Crippen molar-refractivity contribution >= 4 is 33.4 Å². The molecule has 2 aromatic carbocycles. The minimum Gasteiger partial charge on any atom is -0.465 e. The van der Waals surface area contributed by atoms with Crippen molar-refractivity contribution < 1.29 is 31.5 Å². The first kappa shape index (κ1) is 22.7. The molecule has 0 unspecified atom stereocenters. The van der Waals surface area contributed by atoms with Crippen LogP contribution in [0.25, 0.3) is 0 Å². The van der Waals surface area contributed by atoms with E-state index in [0.29, 0.717) is 23.0 Å². The van der Waals surface area contributed by atoms with Gasteiger partial charge in [0, 0.05) is 45.4 Å². The largest absolute Gasteiger partial charge is 0.465 e. The van der Waals surface area contributed by atoms with Crippen LogP contribution >= 0.6 is 0 Å². The molecule has 1 aliphatic rings. The summed E-state index contributed by atoms with van der Waals surface area (Å²) in [5, 5.41) is 8.90. The summed E-state index contributed by atoms with van der Waals surface area (Å²) in [5.74, 6) is -3.84. The maximum Gasteiger partial charge on any atom is 0.407 e. The molecule has 0 atom stereocenters. The average Bonchev–Trinajstić information content (AvgIpc) is 2.90. The van der Waals surface area contributed by atoms with Gasteiger partial charge in [-0.2, -0.15) is 8.42 Å². The highest BCUT2D eigenvalue weighted by Gasteiger charge is 2.43. The molecule has 1 heterocycles. The van der Waals surface area contributed by atoms with E-state index in [4.69, 9.17) is 5.11 Å². The van der Waals surface area contributed by atoms with Crippen LogP contribution < -0.4 is 8.61 Å². The van der Waals surface area contributed by atoms with Gasteiger partial charge >= 0.3 is 16.3 Å². The lowest BCUT2D eigenvalue weighted by Crippen LogP contribution is -2.41. The molecule has 0 saturated heterocycles. The zero-order valence-corrected chi connectivity index (χ0v) is 17.6. The van der Waals surface area contributed by atoms with Crippen molar-refractivity contribution in [1.29, 1.82) is 0 Å². The van der Waals surface area contributed by atoms with Gasteiger partial charge in [-0.3, -0.25) is 0 Å². The maximum atomic E-state index is 14.4. The Kier molecular flexibility index (Phi) is 6.32. The van der Waals surface area contributed by atoms with Gasteiger partial charge in [-0.15, -0.1) is 0 Å². The fraction of sp³-hybridized carbons (Fsp3) is 0.316. The van der Waals surface area contributed by atoms with Crippen molar-refractivity contribution in [2.45, 2.75) is 0 Å². The number of halogens is 3. The molecule has 0 fully saturated rings. The van der Waals surface area contributed by atoms with E-state index in [1.54, 1.807) is 18.0 Å². The summed E-state index contributed by atoms with van der Waals surface area (Å²) < 4.78 is 70.2. The summed E-state index contributed by atoms with van der Waals surface area (Å²) in [6.45, 7) is 0.743. The number of rotatable bonds is 7. The molecule has 12 heteroatoms. The Bertz CT molecular complexity index is 1080. The number of hydrogen-bond acceptors (Lipinski definition) is 4. The molecule has 1 amide bonds. The Morgan fingerprint density at radius 2 is 1.58 bits per heavy atom. The lowest BCUT2D eigenvalue weighted by Gasteiger charge is -2.25. The molecule has 8 nitrogen and oxygen atoms in total. The molecule has 0 spiro atoms. The zero-order valence-electron chi connectivity index (χ0n) is 16.8. The van der Waals surface area contributed by atoms with Gasteiger partial charge in [0.15, 0.2) is 11.6 Å². The summed E-state index contributed by atoms with van der Waals surface area (Å²) >= 11 is 0. The summed E-state index contributed by atoms with van der Waals surface area (Å²) in [4.78, 5) is 13.7. The number of likely N-dealkylation sites (N-methyl/N-ethyl adjacent to an activating group) is 2. The number of carboxylic acid groups (broad SMARTS) is 1. The molecular weight excluding hydrogens is 437 g/mol. The normalized spacial score (nSPS) is 14.8. The van der Waals surface area contributed by atoms with Crippen molar-refractivity contribution in [3.05, 3.63) is 53.8 Å². The number of nitrogens with zero attached hydrogens (tertiary/aromatic N) is 4. The minimum atomic E-state index is -4.41. The van der Waals surface area contributed by atoms with Crippen LogP contribution in [0, 0.1) is 17.5 Å². The third-order valence-electron chi connectivity index (χ3n) is 4.89. The molecule has 1 aliphatic heterocycles. The predicted molar refractivity (Wildman–Crippen MR) is 109 cm³/mol. The van der Waals surface area contributed by atoms with Gasteiger partial charge in [-0.05, 0) is 19.2 Å². The second-order valence-corrected chi connectivity index (χ2v) is 8.76. The van der Waals surface area contributed by atoms with Crippen LogP contribution in [0.2, 0.25) is 0 Å². The number of hydrogen-bond donors (Lipinski definition) is 1. The van der Waals surface area contributed by atoms with Crippen molar-refractivity contribution in [2.24, 2.45) is 0 Å². The second-order valence-electron chi connectivity index (χ2n) is 7.06. The van der Waals surface area contributed by atoms with E-state index in [1.807, 2.05) is 0 Å². The highest BCUT2D eigenvalue weighted by atomic mass is 32.2. The van der Waals surface area contributed by atoms with E-state index in [9.17, 15) is 26.4 Å². The van der Waals surface area contributed by atoms with Crippen LogP contribution in [0.15, 0.2) is 36.4 Å². The monoisotopic (exact) mass is 458 g/mol. The second kappa shape index (κ2) is 8.63. The molecule has 3 rings (SSSR count). The van der Waals surface area contributed by atoms with Crippen LogP contribution in [0.4, 0.5) is 35.0 Å². The third kappa shape index (κ3) is 4.39. The number of carbonyl (C=O) groups is 1. The van der Waals surface area contributed by atoms with Gasteiger partial charge in [0.2, 0.25) is 0 Å². The summed E-state index contributed by atoms with van der Waals surface area (Å²) in [7, 11) is -1.29. The molecule has 2 aromatic rings. The van der Waals surface area contributed by atoms with Gasteiger partial charge in [0.25, 0.3) is 0 Å². The third-order valence-corrected chi connectivity index (χ3v) is 6.67. The summed E-state index contributed by atoms with van der Waals surface area (Å²) in [6, 6.07) is 6.87. The molecule has 0 aliphatic carbocycles. The standard InChI is InChI=1S/C19H21F3N4O4S/c1-23(7-9-24(2)19(27)28)8-10-25-16-5-3-4-6-17(16)26(31(25,29)30)18-14(21)11-13(20)12-15(18)22/h3-6,11-12H,7-10H2,1-2H3,(H,27,28).